The molecule has 0 aliphatic carbocycles. The van der Waals surface area contributed by atoms with E-state index < -0.39 is 16.5 Å². The predicted molar refractivity (Wildman–Crippen MR) is 104 cm³/mol. The second kappa shape index (κ2) is 6.38. The number of hydrogen-bond acceptors (Lipinski definition) is 8. The van der Waals surface area contributed by atoms with Crippen molar-refractivity contribution in [2.45, 2.75) is 23.9 Å². The lowest BCUT2D eigenvalue weighted by molar-refractivity contribution is 0.440. The van der Waals surface area contributed by atoms with Crippen molar-refractivity contribution in [3.63, 3.8) is 0 Å². The van der Waals surface area contributed by atoms with Gasteiger partial charge >= 0.3 is 5.76 Å². The Kier molecular flexibility index (Phi) is 3.95. The molecular weight excluding hydrogens is 384 g/mol. The molecule has 1 fully saturated rings. The van der Waals surface area contributed by atoms with E-state index in [4.69, 9.17) is 9.15 Å². The number of H-pyrrole nitrogens is 1. The molecule has 146 valence electrons. The molecule has 0 radical (unpaired) electrons. The Hall–Kier alpha value is -2.79. The van der Waals surface area contributed by atoms with E-state index in [1.165, 1.54) is 0 Å². The first-order valence-electron chi connectivity index (χ1n) is 8.80. The molecule has 5 rings (SSSR count). The van der Waals surface area contributed by atoms with Crippen molar-refractivity contribution < 1.29 is 18.3 Å². The van der Waals surface area contributed by atoms with Gasteiger partial charge in [0.05, 0.1) is 11.9 Å². The zero-order valence-corrected chi connectivity index (χ0v) is 15.5. The Morgan fingerprint density at radius 1 is 1.21 bits per heavy atom. The van der Waals surface area contributed by atoms with Crippen LogP contribution in [0.2, 0.25) is 0 Å². The average Bonchev–Trinajstić information content (AvgIpc) is 3.30. The van der Waals surface area contributed by atoms with E-state index in [1.807, 2.05) is 6.07 Å². The maximum absolute atomic E-state index is 11.1. The molecule has 1 unspecified atom stereocenters. The molecule has 0 spiro atoms. The van der Waals surface area contributed by atoms with Crippen LogP contribution in [-0.4, -0.2) is 32.0 Å². The highest BCUT2D eigenvalue weighted by molar-refractivity contribution is 8.22. The highest BCUT2D eigenvalue weighted by Crippen LogP contribution is 2.55. The topological polar surface area (TPSA) is 124 Å². The van der Waals surface area contributed by atoms with Crippen molar-refractivity contribution in [2.75, 3.05) is 11.4 Å². The molecule has 2 aromatic carbocycles. The van der Waals surface area contributed by atoms with Gasteiger partial charge in [0, 0.05) is 18.2 Å². The number of nitrogens with one attached hydrogen (secondary N) is 2. The maximum Gasteiger partial charge on any atom is 0.434 e. The van der Waals surface area contributed by atoms with Crippen LogP contribution in [0.4, 0.5) is 5.69 Å². The van der Waals surface area contributed by atoms with E-state index in [0.717, 1.165) is 25.1 Å². The van der Waals surface area contributed by atoms with Gasteiger partial charge in [-0.3, -0.25) is 9.11 Å². The average molecular weight is 402 g/mol. The van der Waals surface area contributed by atoms with Crippen LogP contribution in [-0.2, 0) is 0 Å². The fourth-order valence-corrected chi connectivity index (χ4v) is 5.14. The van der Waals surface area contributed by atoms with Crippen LogP contribution in [0.15, 0.2) is 56.6 Å². The molecule has 9 nitrogen and oxygen atoms in total. The van der Waals surface area contributed by atoms with Gasteiger partial charge in [0.1, 0.15) is 16.4 Å². The van der Waals surface area contributed by atoms with E-state index in [1.54, 1.807) is 36.4 Å². The van der Waals surface area contributed by atoms with Crippen molar-refractivity contribution in [3.05, 3.63) is 53.0 Å². The van der Waals surface area contributed by atoms with Crippen LogP contribution < -0.4 is 20.1 Å². The van der Waals surface area contributed by atoms with Crippen LogP contribution in [0.25, 0.3) is 11.5 Å². The Labute approximate surface area is 161 Å². The van der Waals surface area contributed by atoms with Crippen molar-refractivity contribution in [2.24, 2.45) is 0 Å². The number of rotatable bonds is 3. The Bertz CT molecular complexity index is 1100. The third kappa shape index (κ3) is 2.96. The Balaban J connectivity index is 1.46. The van der Waals surface area contributed by atoms with E-state index >= 15 is 0 Å². The lowest BCUT2D eigenvalue weighted by atomic mass is 10.2. The lowest BCUT2D eigenvalue weighted by Crippen LogP contribution is -2.46. The van der Waals surface area contributed by atoms with E-state index in [9.17, 15) is 13.9 Å². The molecule has 0 saturated carbocycles. The van der Waals surface area contributed by atoms with Gasteiger partial charge in [-0.25, -0.2) is 9.89 Å². The second-order valence-corrected chi connectivity index (χ2v) is 8.47. The number of ether oxygens (including phenoxy) is 1. The second-order valence-electron chi connectivity index (χ2n) is 6.70. The first kappa shape index (κ1) is 17.3. The summed E-state index contributed by atoms with van der Waals surface area (Å²) < 4.78 is 34.9. The fourth-order valence-electron chi connectivity index (χ4n) is 3.64. The van der Waals surface area contributed by atoms with Crippen molar-refractivity contribution in [1.82, 2.24) is 14.9 Å². The van der Waals surface area contributed by atoms with Crippen molar-refractivity contribution in [3.8, 4) is 23.0 Å². The van der Waals surface area contributed by atoms with Gasteiger partial charge in [0.15, 0.2) is 0 Å². The molecule has 1 atom stereocenters. The quantitative estimate of drug-likeness (QED) is 0.526. The summed E-state index contributed by atoms with van der Waals surface area (Å²) in [5.74, 6) is 0.509. The molecule has 4 N–H and O–H groups in total. The molecule has 1 aromatic heterocycles. The minimum absolute atomic E-state index is 0.0514. The first-order chi connectivity index (χ1) is 13.5. The summed E-state index contributed by atoms with van der Waals surface area (Å²) in [4.78, 5) is 13.7. The van der Waals surface area contributed by atoms with Gasteiger partial charge in [-0.2, -0.15) is 4.72 Å². The highest BCUT2D eigenvalue weighted by Gasteiger charge is 2.38. The zero-order valence-electron chi connectivity index (χ0n) is 14.7. The van der Waals surface area contributed by atoms with Gasteiger partial charge in [-0.05, 0) is 43.2 Å². The number of hydrogen-bond donors (Lipinski definition) is 4. The molecular formula is C18H18N4O5S. The SMILES string of the molecule is O=c1[nH]nc(-c2cccc(Oc3ccc4c(c3)S(O)(O)NC3CCCN43)c2)o1. The van der Waals surface area contributed by atoms with Gasteiger partial charge < -0.3 is 14.1 Å². The van der Waals surface area contributed by atoms with E-state index in [-0.39, 0.29) is 12.1 Å². The van der Waals surface area contributed by atoms with Crippen LogP contribution in [0.1, 0.15) is 12.8 Å². The van der Waals surface area contributed by atoms with Crippen molar-refractivity contribution >= 4 is 16.5 Å². The third-order valence-corrected chi connectivity index (χ3v) is 6.40. The fraction of sp³-hybridized carbons (Fsp3) is 0.222. The van der Waals surface area contributed by atoms with Gasteiger partial charge in [-0.15, -0.1) is 15.9 Å². The normalized spacial score (nSPS) is 21.1. The first-order valence-corrected chi connectivity index (χ1v) is 10.3. The van der Waals surface area contributed by atoms with E-state index in [0.29, 0.717) is 22.0 Å². The smallest absolute Gasteiger partial charge is 0.434 e. The molecule has 28 heavy (non-hydrogen) atoms. The summed E-state index contributed by atoms with van der Waals surface area (Å²) in [6.07, 6.45) is 1.83. The Morgan fingerprint density at radius 3 is 2.89 bits per heavy atom. The number of aromatic nitrogens is 2. The molecule has 0 amide bonds. The van der Waals surface area contributed by atoms with Gasteiger partial charge in [0.25, 0.3) is 0 Å². The third-order valence-electron chi connectivity index (χ3n) is 4.86. The van der Waals surface area contributed by atoms with Crippen molar-refractivity contribution in [1.29, 1.82) is 0 Å². The Morgan fingerprint density at radius 2 is 2.07 bits per heavy atom. The minimum Gasteiger partial charge on any atom is -0.457 e. The monoisotopic (exact) mass is 402 g/mol. The number of anilines is 1. The molecule has 3 aromatic rings. The van der Waals surface area contributed by atoms with Crippen LogP contribution >= 0.6 is 10.8 Å². The molecule has 0 bridgehead atoms. The number of nitrogens with zero attached hydrogens (tertiary/aromatic N) is 2. The molecule has 2 aliphatic rings. The summed E-state index contributed by atoms with van der Waals surface area (Å²) in [5.41, 5.74) is 1.40. The standard InChI is InChI=1S/C18H18N4O5S/c23-18-20-19-17(27-18)11-3-1-4-12(9-11)26-13-6-7-14-15(10-13)28(24,25)21-16-5-2-8-22(14)16/h1,3-4,6-7,9-10,16,21,24-25H,2,5,8H2,(H,20,23). The minimum atomic E-state index is -3.09. The number of aromatic amines is 1. The zero-order chi connectivity index (χ0) is 19.3. The maximum atomic E-state index is 11.1. The van der Waals surface area contributed by atoms with Crippen LogP contribution in [0.3, 0.4) is 0 Å². The largest absolute Gasteiger partial charge is 0.457 e. The lowest BCUT2D eigenvalue weighted by Gasteiger charge is -2.46. The highest BCUT2D eigenvalue weighted by atomic mass is 32.3. The molecule has 3 heterocycles. The van der Waals surface area contributed by atoms with Crippen LogP contribution in [0, 0.1) is 0 Å². The number of fused-ring (bicyclic) bond motifs is 3. The molecule has 10 heteroatoms. The van der Waals surface area contributed by atoms with Crippen LogP contribution in [0.5, 0.6) is 11.5 Å². The van der Waals surface area contributed by atoms with E-state index in [2.05, 4.69) is 19.8 Å². The van der Waals surface area contributed by atoms with Gasteiger partial charge in [0.2, 0.25) is 5.89 Å². The summed E-state index contributed by atoms with van der Waals surface area (Å²) >= 11 is 0. The molecule has 2 aliphatic heterocycles. The molecule has 1 saturated heterocycles. The summed E-state index contributed by atoms with van der Waals surface area (Å²) in [6.45, 7) is 0.872. The summed E-state index contributed by atoms with van der Waals surface area (Å²) in [7, 11) is -3.09. The summed E-state index contributed by atoms with van der Waals surface area (Å²) in [6, 6.07) is 12.2. The summed E-state index contributed by atoms with van der Waals surface area (Å²) in [5, 5.41) is 6.03. The van der Waals surface area contributed by atoms with Gasteiger partial charge in [-0.1, -0.05) is 6.07 Å². The number of benzene rings is 2. The predicted octanol–water partition coefficient (Wildman–Crippen LogP) is 3.38.